The topological polar surface area (TPSA) is 72.8 Å². The van der Waals surface area contributed by atoms with Crippen LogP contribution >= 0.6 is 22.7 Å². The first kappa shape index (κ1) is 41.5. The monoisotopic (exact) mass is 866 g/mol. The summed E-state index contributed by atoms with van der Waals surface area (Å²) in [7, 11) is 0. The van der Waals surface area contributed by atoms with Gasteiger partial charge in [0.25, 0.3) is 0 Å². The van der Waals surface area contributed by atoms with E-state index in [1.54, 1.807) is 61.5 Å². The first-order valence-electron chi connectivity index (χ1n) is 18.8. The predicted octanol–water partition coefficient (Wildman–Crippen LogP) is 13.7. The standard InChI is InChI=1S/C48H32F6O5S2/c1-2-58-45(56)33-15-3-9-27(21-33)38-20-8-14-32-26-40(61-44(32)38)42(30-12-6-18-36(24-30)48(52,53)54)59-46(57)34-16-4-10-28(22-34)37-19-7-13-31-25-39(60-43(31)37)41(55)29-11-5-17-35(23-29)47(49,50)51/h3-26,41-42,55H,2H2,1H3. The highest BCUT2D eigenvalue weighted by molar-refractivity contribution is 7.20. The third kappa shape index (κ3) is 8.67. The molecule has 8 aromatic rings. The first-order chi connectivity index (χ1) is 29.2. The number of hydrogen-bond acceptors (Lipinski definition) is 7. The number of rotatable bonds is 10. The summed E-state index contributed by atoms with van der Waals surface area (Å²) in [6.07, 6.45) is -11.8. The van der Waals surface area contributed by atoms with Crippen molar-refractivity contribution in [3.63, 3.8) is 0 Å². The van der Waals surface area contributed by atoms with Gasteiger partial charge in [-0.1, -0.05) is 84.9 Å². The highest BCUT2D eigenvalue weighted by Crippen LogP contribution is 2.43. The summed E-state index contributed by atoms with van der Waals surface area (Å²) in [6.45, 7) is 1.92. The molecule has 0 radical (unpaired) electrons. The molecular formula is C48H32F6O5S2. The lowest BCUT2D eigenvalue weighted by Crippen LogP contribution is -2.13. The maximum Gasteiger partial charge on any atom is 0.416 e. The molecule has 0 saturated heterocycles. The number of hydrogen-bond donors (Lipinski definition) is 1. The van der Waals surface area contributed by atoms with Gasteiger partial charge >= 0.3 is 24.3 Å². The minimum absolute atomic E-state index is 0.0843. The molecule has 0 aliphatic carbocycles. The number of esters is 2. The van der Waals surface area contributed by atoms with Gasteiger partial charge in [0.2, 0.25) is 0 Å². The lowest BCUT2D eigenvalue weighted by atomic mass is 10.0. The molecule has 2 aromatic heterocycles. The summed E-state index contributed by atoms with van der Waals surface area (Å²) in [6, 6.07) is 37.1. The Labute approximate surface area is 353 Å². The van der Waals surface area contributed by atoms with E-state index in [4.69, 9.17) is 9.47 Å². The maximum absolute atomic E-state index is 14.1. The Hall–Kier alpha value is -6.28. The average molecular weight is 867 g/mol. The van der Waals surface area contributed by atoms with Gasteiger partial charge in [0.15, 0.2) is 6.10 Å². The van der Waals surface area contributed by atoms with Crippen molar-refractivity contribution in [2.45, 2.75) is 31.5 Å². The Balaban J connectivity index is 1.14. The molecule has 0 amide bonds. The highest BCUT2D eigenvalue weighted by Gasteiger charge is 2.33. The number of benzene rings is 6. The molecule has 8 rings (SSSR count). The number of carbonyl (C=O) groups excluding carboxylic acids is 2. The van der Waals surface area contributed by atoms with Crippen LogP contribution < -0.4 is 0 Å². The number of fused-ring (bicyclic) bond motifs is 2. The Morgan fingerprint density at radius 3 is 1.61 bits per heavy atom. The number of ether oxygens (including phenoxy) is 2. The lowest BCUT2D eigenvalue weighted by molar-refractivity contribution is -0.138. The van der Waals surface area contributed by atoms with Gasteiger partial charge in [0, 0.05) is 14.3 Å². The molecule has 6 aromatic carbocycles. The van der Waals surface area contributed by atoms with Gasteiger partial charge in [-0.2, -0.15) is 26.3 Å². The Morgan fingerprint density at radius 2 is 1.05 bits per heavy atom. The van der Waals surface area contributed by atoms with Crippen molar-refractivity contribution in [3.8, 4) is 22.3 Å². The van der Waals surface area contributed by atoms with Crippen LogP contribution in [0.3, 0.4) is 0 Å². The van der Waals surface area contributed by atoms with Gasteiger partial charge < -0.3 is 14.6 Å². The third-order valence-corrected chi connectivity index (χ3v) is 12.5. The average Bonchev–Trinajstić information content (AvgIpc) is 3.90. The van der Waals surface area contributed by atoms with E-state index in [-0.39, 0.29) is 23.3 Å². The highest BCUT2D eigenvalue weighted by atomic mass is 32.1. The van der Waals surface area contributed by atoms with Crippen molar-refractivity contribution < 1.29 is 50.5 Å². The second-order valence-corrected chi connectivity index (χ2v) is 16.2. The summed E-state index contributed by atoms with van der Waals surface area (Å²) in [5.74, 6) is -1.28. The van der Waals surface area contributed by atoms with E-state index in [1.807, 2.05) is 36.4 Å². The van der Waals surface area contributed by atoms with Crippen molar-refractivity contribution >= 4 is 54.8 Å². The summed E-state index contributed by atoms with van der Waals surface area (Å²) in [4.78, 5) is 27.6. The molecule has 1 N–H and O–H groups in total. The number of aliphatic hydroxyl groups is 1. The molecule has 0 spiro atoms. The van der Waals surface area contributed by atoms with Gasteiger partial charge in [-0.25, -0.2) is 9.59 Å². The summed E-state index contributed by atoms with van der Waals surface area (Å²) < 4.78 is 95.2. The van der Waals surface area contributed by atoms with E-state index >= 15 is 0 Å². The molecule has 0 aliphatic rings. The number of aliphatic hydroxyl groups excluding tert-OH is 1. The molecule has 2 atom stereocenters. The fourth-order valence-corrected chi connectivity index (χ4v) is 9.58. The SMILES string of the molecule is CCOC(=O)c1cccc(-c2cccc3cc(C(OC(=O)c4cccc(-c5cccc6cc(C(O)c7cccc(C(F)(F)F)c7)sc56)c4)c4cccc(C(F)(F)F)c4)sc23)c1. The Morgan fingerprint density at radius 1 is 0.574 bits per heavy atom. The molecule has 0 aliphatic heterocycles. The van der Waals surface area contributed by atoms with Crippen LogP contribution in [0.1, 0.15) is 71.9 Å². The second-order valence-electron chi connectivity index (χ2n) is 14.1. The van der Waals surface area contributed by atoms with Crippen LogP contribution in [0.2, 0.25) is 0 Å². The molecule has 0 saturated carbocycles. The minimum Gasteiger partial charge on any atom is -0.462 e. The number of alkyl halides is 6. The molecule has 0 bridgehead atoms. The molecule has 2 unspecified atom stereocenters. The van der Waals surface area contributed by atoms with Crippen molar-refractivity contribution in [2.24, 2.45) is 0 Å². The van der Waals surface area contributed by atoms with Crippen LogP contribution in [0.25, 0.3) is 42.4 Å². The number of halogens is 6. The maximum atomic E-state index is 14.1. The van der Waals surface area contributed by atoms with Crippen LogP contribution in [-0.4, -0.2) is 23.7 Å². The molecule has 61 heavy (non-hydrogen) atoms. The van der Waals surface area contributed by atoms with Crippen molar-refractivity contribution in [3.05, 3.63) is 189 Å². The smallest absolute Gasteiger partial charge is 0.416 e. The zero-order valence-electron chi connectivity index (χ0n) is 31.9. The van der Waals surface area contributed by atoms with E-state index in [0.717, 1.165) is 45.3 Å². The van der Waals surface area contributed by atoms with Gasteiger partial charge in [-0.05, 0) is 112 Å². The molecule has 308 valence electrons. The number of carbonyl (C=O) groups is 2. The molecule has 0 fully saturated rings. The predicted molar refractivity (Wildman–Crippen MR) is 225 cm³/mol. The van der Waals surface area contributed by atoms with Crippen LogP contribution in [0.5, 0.6) is 0 Å². The quantitative estimate of drug-likeness (QED) is 0.109. The lowest BCUT2D eigenvalue weighted by Gasteiger charge is -2.19. The van der Waals surface area contributed by atoms with Crippen molar-refractivity contribution in [2.75, 3.05) is 6.61 Å². The van der Waals surface area contributed by atoms with Gasteiger partial charge in [-0.15, -0.1) is 22.7 Å². The zero-order chi connectivity index (χ0) is 43.1. The van der Waals surface area contributed by atoms with Gasteiger partial charge in [-0.3, -0.25) is 0 Å². The normalized spacial score (nSPS) is 13.0. The van der Waals surface area contributed by atoms with Crippen LogP contribution in [-0.2, 0) is 21.8 Å². The van der Waals surface area contributed by atoms with Gasteiger partial charge in [0.05, 0.1) is 33.7 Å². The third-order valence-electron chi connectivity index (χ3n) is 10.0. The fourth-order valence-electron chi connectivity index (χ4n) is 7.12. The largest absolute Gasteiger partial charge is 0.462 e. The molecule has 2 heterocycles. The van der Waals surface area contributed by atoms with E-state index in [0.29, 0.717) is 36.7 Å². The van der Waals surface area contributed by atoms with E-state index in [1.165, 1.54) is 53.0 Å². The number of thiophene rings is 2. The van der Waals surface area contributed by atoms with E-state index < -0.39 is 47.6 Å². The van der Waals surface area contributed by atoms with Crippen LogP contribution in [0, 0.1) is 0 Å². The summed E-state index contributed by atoms with van der Waals surface area (Å²) in [5.41, 5.74) is 1.62. The minimum atomic E-state index is -4.66. The molecule has 5 nitrogen and oxygen atoms in total. The molecular weight excluding hydrogens is 835 g/mol. The second kappa shape index (κ2) is 16.6. The van der Waals surface area contributed by atoms with Crippen molar-refractivity contribution in [1.82, 2.24) is 0 Å². The van der Waals surface area contributed by atoms with E-state index in [2.05, 4.69) is 0 Å². The summed E-state index contributed by atoms with van der Waals surface area (Å²) in [5, 5.41) is 12.6. The van der Waals surface area contributed by atoms with Gasteiger partial charge in [0.1, 0.15) is 6.10 Å². The van der Waals surface area contributed by atoms with Crippen LogP contribution in [0.4, 0.5) is 26.3 Å². The summed E-state index contributed by atoms with van der Waals surface area (Å²) >= 11 is 2.46. The fraction of sp³-hybridized carbons (Fsp3) is 0.125. The zero-order valence-corrected chi connectivity index (χ0v) is 33.5. The first-order valence-corrected chi connectivity index (χ1v) is 20.5. The Kier molecular flexibility index (Phi) is 11.3. The van der Waals surface area contributed by atoms with E-state index in [9.17, 15) is 41.0 Å². The Bertz CT molecular complexity index is 2930. The molecule has 13 heteroatoms. The van der Waals surface area contributed by atoms with Crippen LogP contribution in [0.15, 0.2) is 146 Å². The van der Waals surface area contributed by atoms with Crippen molar-refractivity contribution in [1.29, 1.82) is 0 Å².